The SMILES string of the molecule is Cc1cc(C(=O)CCl)cc(Cl)c1[N+](=O)[O-]. The lowest BCUT2D eigenvalue weighted by Crippen LogP contribution is -2.02. The third-order valence-corrected chi connectivity index (χ3v) is 2.41. The Morgan fingerprint density at radius 1 is 1.53 bits per heavy atom. The van der Waals surface area contributed by atoms with Crippen LogP contribution < -0.4 is 0 Å². The van der Waals surface area contributed by atoms with Gasteiger partial charge in [0.2, 0.25) is 0 Å². The Morgan fingerprint density at radius 2 is 2.13 bits per heavy atom. The van der Waals surface area contributed by atoms with Crippen molar-refractivity contribution in [1.82, 2.24) is 0 Å². The molecule has 6 heteroatoms. The summed E-state index contributed by atoms with van der Waals surface area (Å²) < 4.78 is 0. The van der Waals surface area contributed by atoms with Gasteiger partial charge in [-0.15, -0.1) is 11.6 Å². The number of aryl methyl sites for hydroxylation is 1. The van der Waals surface area contributed by atoms with Crippen molar-refractivity contribution in [2.45, 2.75) is 6.92 Å². The number of halogens is 2. The Bertz CT molecular complexity index is 408. The first-order valence-corrected chi connectivity index (χ1v) is 4.92. The molecule has 0 radical (unpaired) electrons. The molecule has 0 aliphatic heterocycles. The maximum atomic E-state index is 11.2. The van der Waals surface area contributed by atoms with E-state index in [1.807, 2.05) is 0 Å². The van der Waals surface area contributed by atoms with E-state index in [1.54, 1.807) is 0 Å². The first-order chi connectivity index (χ1) is 6.97. The summed E-state index contributed by atoms with van der Waals surface area (Å²) in [4.78, 5) is 21.3. The van der Waals surface area contributed by atoms with Crippen LogP contribution in [0.25, 0.3) is 0 Å². The summed E-state index contributed by atoms with van der Waals surface area (Å²) in [5.74, 6) is -0.482. The van der Waals surface area contributed by atoms with Crippen molar-refractivity contribution < 1.29 is 9.72 Å². The molecule has 0 atom stereocenters. The van der Waals surface area contributed by atoms with Crippen LogP contribution in [-0.4, -0.2) is 16.6 Å². The molecule has 0 heterocycles. The van der Waals surface area contributed by atoms with Crippen molar-refractivity contribution in [3.8, 4) is 0 Å². The van der Waals surface area contributed by atoms with Gasteiger partial charge in [-0.05, 0) is 19.1 Å². The summed E-state index contributed by atoms with van der Waals surface area (Å²) in [6.07, 6.45) is 0. The molecule has 0 saturated heterocycles. The molecule has 0 saturated carbocycles. The van der Waals surface area contributed by atoms with Crippen LogP contribution in [0.4, 0.5) is 5.69 Å². The minimum absolute atomic E-state index is 0.0477. The zero-order valence-corrected chi connectivity index (χ0v) is 9.30. The van der Waals surface area contributed by atoms with E-state index in [1.165, 1.54) is 19.1 Å². The number of nitro benzene ring substituents is 1. The predicted octanol–water partition coefficient (Wildman–Crippen LogP) is 2.98. The Labute approximate surface area is 95.9 Å². The van der Waals surface area contributed by atoms with Crippen molar-refractivity contribution in [2.24, 2.45) is 0 Å². The lowest BCUT2D eigenvalue weighted by Gasteiger charge is -2.02. The Hall–Kier alpha value is -1.13. The molecule has 0 bridgehead atoms. The van der Waals surface area contributed by atoms with E-state index in [4.69, 9.17) is 23.2 Å². The van der Waals surface area contributed by atoms with Gasteiger partial charge in [0, 0.05) is 11.1 Å². The van der Waals surface area contributed by atoms with Crippen molar-refractivity contribution in [3.63, 3.8) is 0 Å². The highest BCUT2D eigenvalue weighted by Gasteiger charge is 2.18. The molecule has 1 aromatic rings. The minimum atomic E-state index is -0.577. The van der Waals surface area contributed by atoms with Gasteiger partial charge in [-0.1, -0.05) is 11.6 Å². The number of alkyl halides is 1. The second kappa shape index (κ2) is 4.59. The van der Waals surface area contributed by atoms with Gasteiger partial charge in [-0.25, -0.2) is 0 Å². The van der Waals surface area contributed by atoms with Crippen LogP contribution in [-0.2, 0) is 0 Å². The number of nitro groups is 1. The van der Waals surface area contributed by atoms with Crippen LogP contribution in [0.3, 0.4) is 0 Å². The van der Waals surface area contributed by atoms with Crippen LogP contribution in [0.1, 0.15) is 15.9 Å². The largest absolute Gasteiger partial charge is 0.293 e. The normalized spacial score (nSPS) is 10.1. The molecule has 0 aliphatic carbocycles. The lowest BCUT2D eigenvalue weighted by atomic mass is 10.1. The van der Waals surface area contributed by atoms with E-state index >= 15 is 0 Å². The molecule has 0 aliphatic rings. The second-order valence-electron chi connectivity index (χ2n) is 2.94. The van der Waals surface area contributed by atoms with Crippen LogP contribution in [0.2, 0.25) is 5.02 Å². The van der Waals surface area contributed by atoms with Gasteiger partial charge in [0.05, 0.1) is 10.8 Å². The van der Waals surface area contributed by atoms with Gasteiger partial charge in [-0.2, -0.15) is 0 Å². The third kappa shape index (κ3) is 2.46. The van der Waals surface area contributed by atoms with Gasteiger partial charge >= 0.3 is 0 Å². The van der Waals surface area contributed by atoms with E-state index < -0.39 is 4.92 Å². The maximum Gasteiger partial charge on any atom is 0.290 e. The molecule has 0 N–H and O–H groups in total. The quantitative estimate of drug-likeness (QED) is 0.357. The summed E-state index contributed by atoms with van der Waals surface area (Å²) in [5.41, 5.74) is 0.460. The molecule has 0 aromatic heterocycles. The standard InChI is InChI=1S/C9H7Cl2NO3/c1-5-2-6(8(13)4-10)3-7(11)9(5)12(14)15/h2-3H,4H2,1H3. The van der Waals surface area contributed by atoms with Crippen molar-refractivity contribution >= 4 is 34.7 Å². The minimum Gasteiger partial charge on any atom is -0.293 e. The van der Waals surface area contributed by atoms with E-state index in [-0.39, 0.29) is 27.9 Å². The summed E-state index contributed by atoms with van der Waals surface area (Å²) in [7, 11) is 0. The number of rotatable bonds is 3. The van der Waals surface area contributed by atoms with E-state index in [2.05, 4.69) is 0 Å². The predicted molar refractivity (Wildman–Crippen MR) is 57.9 cm³/mol. The molecule has 0 unspecified atom stereocenters. The molecule has 0 amide bonds. The summed E-state index contributed by atoms with van der Waals surface area (Å²) in [5, 5.41) is 10.6. The maximum absolute atomic E-state index is 11.2. The lowest BCUT2D eigenvalue weighted by molar-refractivity contribution is -0.385. The molecule has 0 fully saturated rings. The van der Waals surface area contributed by atoms with Gasteiger partial charge in [0.15, 0.2) is 5.78 Å². The zero-order chi connectivity index (χ0) is 11.6. The van der Waals surface area contributed by atoms with Gasteiger partial charge in [0.1, 0.15) is 5.02 Å². The average Bonchev–Trinajstić information content (AvgIpc) is 2.14. The first kappa shape index (κ1) is 11.9. The summed E-state index contributed by atoms with van der Waals surface area (Å²) in [6.45, 7) is 1.52. The fraction of sp³-hybridized carbons (Fsp3) is 0.222. The third-order valence-electron chi connectivity index (χ3n) is 1.88. The highest BCUT2D eigenvalue weighted by atomic mass is 35.5. The fourth-order valence-electron chi connectivity index (χ4n) is 1.21. The van der Waals surface area contributed by atoms with E-state index in [0.717, 1.165) is 0 Å². The number of ketones is 1. The fourth-order valence-corrected chi connectivity index (χ4v) is 1.70. The van der Waals surface area contributed by atoms with E-state index in [9.17, 15) is 14.9 Å². The monoisotopic (exact) mass is 247 g/mol. The number of benzene rings is 1. The smallest absolute Gasteiger partial charge is 0.290 e. The Balaban J connectivity index is 3.31. The molecule has 15 heavy (non-hydrogen) atoms. The summed E-state index contributed by atoms with van der Waals surface area (Å²) >= 11 is 11.1. The van der Waals surface area contributed by atoms with Gasteiger partial charge in [-0.3, -0.25) is 14.9 Å². The molecular weight excluding hydrogens is 241 g/mol. The number of carbonyl (C=O) groups is 1. The number of nitrogens with zero attached hydrogens (tertiary/aromatic N) is 1. The van der Waals surface area contributed by atoms with E-state index in [0.29, 0.717) is 5.56 Å². The average molecular weight is 248 g/mol. The van der Waals surface area contributed by atoms with Crippen LogP contribution in [0.15, 0.2) is 12.1 Å². The Morgan fingerprint density at radius 3 is 2.53 bits per heavy atom. The van der Waals surface area contributed by atoms with Crippen molar-refractivity contribution in [1.29, 1.82) is 0 Å². The molecule has 4 nitrogen and oxygen atoms in total. The number of Topliss-reactive ketones (excluding diaryl/α,β-unsaturated/α-hetero) is 1. The number of carbonyl (C=O) groups excluding carboxylic acids is 1. The molecule has 0 spiro atoms. The second-order valence-corrected chi connectivity index (χ2v) is 3.61. The highest BCUT2D eigenvalue weighted by molar-refractivity contribution is 6.34. The highest BCUT2D eigenvalue weighted by Crippen LogP contribution is 2.29. The molecule has 80 valence electrons. The number of hydrogen-bond acceptors (Lipinski definition) is 3. The number of hydrogen-bond donors (Lipinski definition) is 0. The first-order valence-electron chi connectivity index (χ1n) is 4.01. The van der Waals surface area contributed by atoms with Gasteiger partial charge < -0.3 is 0 Å². The van der Waals surface area contributed by atoms with Gasteiger partial charge in [0.25, 0.3) is 5.69 Å². The van der Waals surface area contributed by atoms with Crippen LogP contribution >= 0.6 is 23.2 Å². The van der Waals surface area contributed by atoms with Crippen LogP contribution in [0.5, 0.6) is 0 Å². The molecule has 1 rings (SSSR count). The summed E-state index contributed by atoms with van der Waals surface area (Å²) in [6, 6.07) is 2.67. The topological polar surface area (TPSA) is 60.2 Å². The molecule has 1 aromatic carbocycles. The van der Waals surface area contributed by atoms with Crippen molar-refractivity contribution in [2.75, 3.05) is 5.88 Å². The molecular formula is C9H7Cl2NO3. The van der Waals surface area contributed by atoms with Crippen molar-refractivity contribution in [3.05, 3.63) is 38.4 Å². The Kier molecular flexibility index (Phi) is 3.66. The van der Waals surface area contributed by atoms with Crippen LogP contribution in [0, 0.1) is 17.0 Å². The zero-order valence-electron chi connectivity index (χ0n) is 7.79.